The van der Waals surface area contributed by atoms with Gasteiger partial charge in [0.2, 0.25) is 10.0 Å². The molecule has 0 heterocycles. The number of aliphatic carboxylic acids is 2. The summed E-state index contributed by atoms with van der Waals surface area (Å²) in [6.07, 6.45) is -0.863. The molecule has 8 nitrogen and oxygen atoms in total. The van der Waals surface area contributed by atoms with Crippen molar-refractivity contribution in [3.05, 3.63) is 24.3 Å². The van der Waals surface area contributed by atoms with E-state index >= 15 is 0 Å². The predicted octanol–water partition coefficient (Wildman–Crippen LogP) is -0.0986. The van der Waals surface area contributed by atoms with E-state index in [2.05, 4.69) is 0 Å². The zero-order valence-electron chi connectivity index (χ0n) is 10.4. The van der Waals surface area contributed by atoms with E-state index in [1.807, 2.05) is 4.72 Å². The van der Waals surface area contributed by atoms with Crippen LogP contribution in [0.5, 0.6) is 5.75 Å². The van der Waals surface area contributed by atoms with E-state index in [0.29, 0.717) is 0 Å². The molecular weight excluding hydrogens is 290 g/mol. The third-order valence-electron chi connectivity index (χ3n) is 2.33. The molecular formula is C11H13NO7S. The minimum Gasteiger partial charge on any atom is -0.497 e. The number of ether oxygens (including phenoxy) is 1. The highest BCUT2D eigenvalue weighted by molar-refractivity contribution is 7.89. The second kappa shape index (κ2) is 6.35. The average Bonchev–Trinajstić information content (AvgIpc) is 2.37. The van der Waals surface area contributed by atoms with Crippen LogP contribution in [0.2, 0.25) is 0 Å². The summed E-state index contributed by atoms with van der Waals surface area (Å²) >= 11 is 0. The molecule has 1 aromatic rings. The Labute approximate surface area is 115 Å². The molecule has 110 valence electrons. The monoisotopic (exact) mass is 303 g/mol. The van der Waals surface area contributed by atoms with Crippen LogP contribution in [0.25, 0.3) is 0 Å². The number of methoxy groups -OCH3 is 1. The number of carbonyl (C=O) groups is 2. The fourth-order valence-corrected chi connectivity index (χ4v) is 2.60. The van der Waals surface area contributed by atoms with Gasteiger partial charge in [0.25, 0.3) is 0 Å². The summed E-state index contributed by atoms with van der Waals surface area (Å²) in [5.74, 6) is -2.72. The Morgan fingerprint density at radius 3 is 2.50 bits per heavy atom. The van der Waals surface area contributed by atoms with Crippen molar-refractivity contribution in [2.24, 2.45) is 0 Å². The van der Waals surface area contributed by atoms with Crippen LogP contribution < -0.4 is 9.46 Å². The van der Waals surface area contributed by atoms with Crippen LogP contribution >= 0.6 is 0 Å². The van der Waals surface area contributed by atoms with Crippen LogP contribution in [0.1, 0.15) is 6.42 Å². The third kappa shape index (κ3) is 4.21. The molecule has 0 fully saturated rings. The Bertz CT molecular complexity index is 611. The van der Waals surface area contributed by atoms with Crippen LogP contribution in [0.15, 0.2) is 29.2 Å². The van der Waals surface area contributed by atoms with Gasteiger partial charge in [0, 0.05) is 6.07 Å². The lowest BCUT2D eigenvalue weighted by atomic mass is 10.2. The molecule has 0 radical (unpaired) electrons. The summed E-state index contributed by atoms with van der Waals surface area (Å²) in [5.41, 5.74) is 0. The van der Waals surface area contributed by atoms with Gasteiger partial charge in [-0.05, 0) is 12.1 Å². The SMILES string of the molecule is COc1cccc(S(=O)(=O)NC(CC(=O)O)C(=O)O)c1. The highest BCUT2D eigenvalue weighted by Crippen LogP contribution is 2.17. The van der Waals surface area contributed by atoms with Crippen LogP contribution in [0.4, 0.5) is 0 Å². The van der Waals surface area contributed by atoms with Crippen LogP contribution in [-0.2, 0) is 19.6 Å². The van der Waals surface area contributed by atoms with E-state index in [0.717, 1.165) is 0 Å². The lowest BCUT2D eigenvalue weighted by Crippen LogP contribution is -2.42. The third-order valence-corrected chi connectivity index (χ3v) is 3.80. The first-order valence-electron chi connectivity index (χ1n) is 5.37. The average molecular weight is 303 g/mol. The summed E-state index contributed by atoms with van der Waals surface area (Å²) in [7, 11) is -2.81. The van der Waals surface area contributed by atoms with E-state index < -0.39 is 34.4 Å². The Morgan fingerprint density at radius 1 is 1.35 bits per heavy atom. The largest absolute Gasteiger partial charge is 0.497 e. The molecule has 0 saturated carbocycles. The smallest absolute Gasteiger partial charge is 0.322 e. The minimum absolute atomic E-state index is 0.214. The number of benzene rings is 1. The molecule has 0 spiro atoms. The van der Waals surface area contributed by atoms with Crippen molar-refractivity contribution in [2.45, 2.75) is 17.4 Å². The topological polar surface area (TPSA) is 130 Å². The van der Waals surface area contributed by atoms with Crippen molar-refractivity contribution >= 4 is 22.0 Å². The molecule has 0 saturated heterocycles. The zero-order chi connectivity index (χ0) is 15.3. The van der Waals surface area contributed by atoms with E-state index in [-0.39, 0.29) is 10.6 Å². The van der Waals surface area contributed by atoms with Gasteiger partial charge < -0.3 is 14.9 Å². The first-order chi connectivity index (χ1) is 9.26. The number of hydrogen-bond donors (Lipinski definition) is 3. The second-order valence-electron chi connectivity index (χ2n) is 3.79. The molecule has 0 aliphatic heterocycles. The van der Waals surface area contributed by atoms with Crippen molar-refractivity contribution in [1.29, 1.82) is 0 Å². The molecule has 0 bridgehead atoms. The van der Waals surface area contributed by atoms with Gasteiger partial charge in [-0.1, -0.05) is 6.07 Å². The maximum absolute atomic E-state index is 12.0. The Kier molecular flexibility index (Phi) is 5.06. The molecule has 1 aromatic carbocycles. The van der Waals surface area contributed by atoms with Crippen LogP contribution in [0, 0.1) is 0 Å². The summed E-state index contributed by atoms with van der Waals surface area (Å²) in [6, 6.07) is 3.63. The van der Waals surface area contributed by atoms with E-state index in [9.17, 15) is 18.0 Å². The van der Waals surface area contributed by atoms with Crippen molar-refractivity contribution in [1.82, 2.24) is 4.72 Å². The van der Waals surface area contributed by atoms with Gasteiger partial charge in [0.1, 0.15) is 11.8 Å². The Morgan fingerprint density at radius 2 is 2.00 bits per heavy atom. The molecule has 1 atom stereocenters. The summed E-state index contributed by atoms with van der Waals surface area (Å²) < 4.78 is 30.6. The van der Waals surface area contributed by atoms with E-state index in [4.69, 9.17) is 14.9 Å². The van der Waals surface area contributed by atoms with E-state index in [1.165, 1.54) is 31.4 Å². The number of hydrogen-bond acceptors (Lipinski definition) is 5. The van der Waals surface area contributed by atoms with Crippen molar-refractivity contribution < 1.29 is 33.0 Å². The van der Waals surface area contributed by atoms with Crippen molar-refractivity contribution in [3.63, 3.8) is 0 Å². The molecule has 9 heteroatoms. The first kappa shape index (κ1) is 15.9. The lowest BCUT2D eigenvalue weighted by Gasteiger charge is -2.13. The minimum atomic E-state index is -4.16. The van der Waals surface area contributed by atoms with Gasteiger partial charge in [-0.2, -0.15) is 4.72 Å². The van der Waals surface area contributed by atoms with Gasteiger partial charge in [-0.25, -0.2) is 8.42 Å². The molecule has 3 N–H and O–H groups in total. The normalized spacial score (nSPS) is 12.7. The fourth-order valence-electron chi connectivity index (χ4n) is 1.38. The number of nitrogens with one attached hydrogen (secondary N) is 1. The lowest BCUT2D eigenvalue weighted by molar-refractivity contribution is -0.145. The number of sulfonamides is 1. The molecule has 1 unspecified atom stereocenters. The van der Waals surface area contributed by atoms with Crippen molar-refractivity contribution in [3.8, 4) is 5.75 Å². The Hall–Kier alpha value is -2.13. The molecule has 20 heavy (non-hydrogen) atoms. The molecule has 0 aliphatic rings. The highest BCUT2D eigenvalue weighted by Gasteiger charge is 2.27. The number of carboxylic acid groups (broad SMARTS) is 2. The molecule has 0 aliphatic carbocycles. The maximum Gasteiger partial charge on any atom is 0.322 e. The molecule has 1 rings (SSSR count). The first-order valence-corrected chi connectivity index (χ1v) is 6.85. The van der Waals surface area contributed by atoms with Gasteiger partial charge in [0.05, 0.1) is 18.4 Å². The molecule has 0 aromatic heterocycles. The zero-order valence-corrected chi connectivity index (χ0v) is 11.3. The van der Waals surface area contributed by atoms with Gasteiger partial charge in [-0.3, -0.25) is 9.59 Å². The summed E-state index contributed by atoms with van der Waals surface area (Å²) in [4.78, 5) is 21.2. The number of carboxylic acids is 2. The van der Waals surface area contributed by atoms with E-state index in [1.54, 1.807) is 0 Å². The quantitative estimate of drug-likeness (QED) is 0.641. The highest BCUT2D eigenvalue weighted by atomic mass is 32.2. The second-order valence-corrected chi connectivity index (χ2v) is 5.50. The van der Waals surface area contributed by atoms with Crippen LogP contribution in [0.3, 0.4) is 0 Å². The van der Waals surface area contributed by atoms with Gasteiger partial charge >= 0.3 is 11.9 Å². The summed E-state index contributed by atoms with van der Waals surface area (Å²) in [6.45, 7) is 0. The van der Waals surface area contributed by atoms with Gasteiger partial charge in [-0.15, -0.1) is 0 Å². The van der Waals surface area contributed by atoms with Crippen molar-refractivity contribution in [2.75, 3.05) is 7.11 Å². The predicted molar refractivity (Wildman–Crippen MR) is 67.0 cm³/mol. The number of rotatable bonds is 7. The Balaban J connectivity index is 3.02. The maximum atomic E-state index is 12.0. The standard InChI is InChI=1S/C11H13NO7S/c1-19-7-3-2-4-8(5-7)20(17,18)12-9(11(15)16)6-10(13)14/h2-5,9,12H,6H2,1H3,(H,13,14)(H,15,16). The van der Waals surface area contributed by atoms with Crippen LogP contribution in [-0.4, -0.2) is 43.7 Å². The molecule has 0 amide bonds. The summed E-state index contributed by atoms with van der Waals surface area (Å²) in [5, 5.41) is 17.4. The van der Waals surface area contributed by atoms with Gasteiger partial charge in [0.15, 0.2) is 0 Å². The fraction of sp³-hybridized carbons (Fsp3) is 0.273.